The quantitative estimate of drug-likeness (QED) is 0.690. The van der Waals surface area contributed by atoms with Crippen LogP contribution < -0.4 is 9.47 Å². The van der Waals surface area contributed by atoms with Crippen LogP contribution in [0.5, 0.6) is 17.4 Å². The van der Waals surface area contributed by atoms with Crippen LogP contribution in [-0.4, -0.2) is 22.1 Å². The zero-order valence-corrected chi connectivity index (χ0v) is 11.3. The first-order valence-electron chi connectivity index (χ1n) is 5.85. The van der Waals surface area contributed by atoms with Crippen LogP contribution in [0, 0.1) is 0 Å². The fourth-order valence-electron chi connectivity index (χ4n) is 1.80. The van der Waals surface area contributed by atoms with Gasteiger partial charge in [-0.2, -0.15) is 4.98 Å². The van der Waals surface area contributed by atoms with E-state index in [1.54, 1.807) is 6.20 Å². The number of halogens is 1. The average molecular weight is 288 g/mol. The standard InChI is InChI=1S/C14H10ClN3O2/c1-19-12-13(15)17-8-18-14(12)20-10-6-9-4-2-3-5-11(9)16-7-10/h2-8H,1H3. The molecule has 0 spiro atoms. The predicted octanol–water partition coefficient (Wildman–Crippen LogP) is 3.48. The minimum atomic E-state index is 0.200. The molecular formula is C14H10ClN3O2. The monoisotopic (exact) mass is 287 g/mol. The van der Waals surface area contributed by atoms with E-state index in [0.29, 0.717) is 11.5 Å². The Labute approximate surface area is 120 Å². The number of rotatable bonds is 3. The van der Waals surface area contributed by atoms with Crippen LogP contribution in [0.3, 0.4) is 0 Å². The summed E-state index contributed by atoms with van der Waals surface area (Å²) in [4.78, 5) is 12.2. The molecule has 0 bridgehead atoms. The summed E-state index contributed by atoms with van der Waals surface area (Å²) in [7, 11) is 1.48. The molecule has 2 aromatic heterocycles. The highest BCUT2D eigenvalue weighted by Crippen LogP contribution is 2.34. The molecule has 0 aliphatic heterocycles. The van der Waals surface area contributed by atoms with Crippen molar-refractivity contribution in [1.82, 2.24) is 15.0 Å². The van der Waals surface area contributed by atoms with Crippen molar-refractivity contribution in [2.75, 3.05) is 7.11 Å². The van der Waals surface area contributed by atoms with Gasteiger partial charge in [0.05, 0.1) is 18.8 Å². The van der Waals surface area contributed by atoms with Gasteiger partial charge in [0.25, 0.3) is 5.88 Å². The highest BCUT2D eigenvalue weighted by Gasteiger charge is 2.12. The second kappa shape index (κ2) is 5.30. The summed E-state index contributed by atoms with van der Waals surface area (Å²) in [6.45, 7) is 0. The third-order valence-corrected chi connectivity index (χ3v) is 2.98. The van der Waals surface area contributed by atoms with Crippen LogP contribution in [0.1, 0.15) is 0 Å². The lowest BCUT2D eigenvalue weighted by molar-refractivity contribution is 0.367. The third-order valence-electron chi connectivity index (χ3n) is 2.71. The fourth-order valence-corrected chi connectivity index (χ4v) is 2.00. The van der Waals surface area contributed by atoms with E-state index in [1.807, 2.05) is 30.3 Å². The second-order valence-electron chi connectivity index (χ2n) is 3.97. The lowest BCUT2D eigenvalue weighted by atomic mass is 10.2. The molecular weight excluding hydrogens is 278 g/mol. The van der Waals surface area contributed by atoms with Crippen molar-refractivity contribution in [1.29, 1.82) is 0 Å². The van der Waals surface area contributed by atoms with Crippen LogP contribution in [0.4, 0.5) is 0 Å². The maximum atomic E-state index is 5.92. The van der Waals surface area contributed by atoms with Crippen LogP contribution >= 0.6 is 11.6 Å². The number of para-hydroxylation sites is 1. The van der Waals surface area contributed by atoms with Gasteiger partial charge in [-0.25, -0.2) is 4.98 Å². The Morgan fingerprint density at radius 2 is 1.95 bits per heavy atom. The van der Waals surface area contributed by atoms with Crippen LogP contribution in [0.2, 0.25) is 5.15 Å². The van der Waals surface area contributed by atoms with E-state index < -0.39 is 0 Å². The molecule has 0 aliphatic carbocycles. The van der Waals surface area contributed by atoms with Gasteiger partial charge < -0.3 is 9.47 Å². The number of methoxy groups -OCH3 is 1. The summed E-state index contributed by atoms with van der Waals surface area (Å²) in [5, 5.41) is 1.18. The maximum absolute atomic E-state index is 5.92. The van der Waals surface area contributed by atoms with E-state index in [4.69, 9.17) is 21.1 Å². The number of hydrogen-bond acceptors (Lipinski definition) is 5. The number of hydrogen-bond donors (Lipinski definition) is 0. The van der Waals surface area contributed by atoms with Crippen molar-refractivity contribution in [3.63, 3.8) is 0 Å². The summed E-state index contributed by atoms with van der Waals surface area (Å²) in [6, 6.07) is 9.64. The van der Waals surface area contributed by atoms with Crippen molar-refractivity contribution >= 4 is 22.5 Å². The molecule has 0 aliphatic rings. The molecule has 6 heteroatoms. The number of ether oxygens (including phenoxy) is 2. The summed E-state index contributed by atoms with van der Waals surface area (Å²) < 4.78 is 10.8. The third kappa shape index (κ3) is 2.35. The van der Waals surface area contributed by atoms with E-state index in [-0.39, 0.29) is 11.0 Å². The summed E-state index contributed by atoms with van der Waals surface area (Å²) in [6.07, 6.45) is 2.94. The van der Waals surface area contributed by atoms with Crippen molar-refractivity contribution in [2.24, 2.45) is 0 Å². The molecule has 0 saturated heterocycles. The van der Waals surface area contributed by atoms with Crippen molar-refractivity contribution < 1.29 is 9.47 Å². The Balaban J connectivity index is 1.99. The Morgan fingerprint density at radius 1 is 1.10 bits per heavy atom. The van der Waals surface area contributed by atoms with Crippen molar-refractivity contribution in [3.05, 3.63) is 48.0 Å². The molecule has 20 heavy (non-hydrogen) atoms. The molecule has 3 aromatic rings. The first-order valence-corrected chi connectivity index (χ1v) is 6.23. The van der Waals surface area contributed by atoms with E-state index in [1.165, 1.54) is 13.4 Å². The highest BCUT2D eigenvalue weighted by atomic mass is 35.5. The SMILES string of the molecule is COc1c(Cl)ncnc1Oc1cnc2ccccc2c1. The number of nitrogens with zero attached hydrogens (tertiary/aromatic N) is 3. The second-order valence-corrected chi connectivity index (χ2v) is 4.33. The number of aromatic nitrogens is 3. The molecule has 3 rings (SSSR count). The smallest absolute Gasteiger partial charge is 0.267 e. The maximum Gasteiger partial charge on any atom is 0.267 e. The molecule has 0 amide bonds. The van der Waals surface area contributed by atoms with Gasteiger partial charge in [-0.05, 0) is 12.1 Å². The lowest BCUT2D eigenvalue weighted by Gasteiger charge is -2.09. The van der Waals surface area contributed by atoms with Gasteiger partial charge in [-0.15, -0.1) is 0 Å². The summed E-state index contributed by atoms with van der Waals surface area (Å²) >= 11 is 5.92. The van der Waals surface area contributed by atoms with E-state index >= 15 is 0 Å². The van der Waals surface area contributed by atoms with Crippen LogP contribution in [0.25, 0.3) is 10.9 Å². The molecule has 0 N–H and O–H groups in total. The van der Waals surface area contributed by atoms with Gasteiger partial charge in [0.2, 0.25) is 5.75 Å². The molecule has 2 heterocycles. The van der Waals surface area contributed by atoms with E-state index in [2.05, 4.69) is 15.0 Å². The molecule has 0 atom stereocenters. The molecule has 0 saturated carbocycles. The Kier molecular flexibility index (Phi) is 3.35. The minimum absolute atomic E-state index is 0.200. The van der Waals surface area contributed by atoms with Gasteiger partial charge in [-0.1, -0.05) is 29.8 Å². The molecule has 100 valence electrons. The number of pyridine rings is 1. The highest BCUT2D eigenvalue weighted by molar-refractivity contribution is 6.31. The van der Waals surface area contributed by atoms with Crippen LogP contribution in [-0.2, 0) is 0 Å². The van der Waals surface area contributed by atoms with Gasteiger partial charge in [-0.3, -0.25) is 4.98 Å². The molecule has 0 unspecified atom stereocenters. The first kappa shape index (κ1) is 12.6. The van der Waals surface area contributed by atoms with Gasteiger partial charge in [0.1, 0.15) is 12.1 Å². The van der Waals surface area contributed by atoms with Gasteiger partial charge >= 0.3 is 0 Å². The summed E-state index contributed by atoms with van der Waals surface area (Å²) in [5.41, 5.74) is 0.896. The largest absolute Gasteiger partial charge is 0.489 e. The summed E-state index contributed by atoms with van der Waals surface area (Å²) in [5.74, 6) is 1.10. The average Bonchev–Trinajstić information content (AvgIpc) is 2.47. The lowest BCUT2D eigenvalue weighted by Crippen LogP contribution is -1.96. The Morgan fingerprint density at radius 3 is 2.80 bits per heavy atom. The minimum Gasteiger partial charge on any atom is -0.489 e. The zero-order valence-electron chi connectivity index (χ0n) is 10.6. The first-order chi connectivity index (χ1) is 9.78. The number of benzene rings is 1. The van der Waals surface area contributed by atoms with E-state index in [9.17, 15) is 0 Å². The van der Waals surface area contributed by atoms with Gasteiger partial charge in [0.15, 0.2) is 5.15 Å². The van der Waals surface area contributed by atoms with E-state index in [0.717, 1.165) is 10.9 Å². The molecule has 5 nitrogen and oxygen atoms in total. The topological polar surface area (TPSA) is 57.1 Å². The van der Waals surface area contributed by atoms with Crippen molar-refractivity contribution in [2.45, 2.75) is 0 Å². The predicted molar refractivity (Wildman–Crippen MR) is 75.4 cm³/mol. The van der Waals surface area contributed by atoms with Crippen LogP contribution in [0.15, 0.2) is 42.9 Å². The Hall–Kier alpha value is -2.40. The number of fused-ring (bicyclic) bond motifs is 1. The molecule has 0 radical (unpaired) electrons. The Bertz CT molecular complexity index is 764. The molecule has 0 fully saturated rings. The molecule has 1 aromatic carbocycles. The zero-order chi connectivity index (χ0) is 13.9. The van der Waals surface area contributed by atoms with Crippen molar-refractivity contribution in [3.8, 4) is 17.4 Å². The normalized spacial score (nSPS) is 10.5. The van der Waals surface area contributed by atoms with Gasteiger partial charge in [0, 0.05) is 5.39 Å². The fraction of sp³-hybridized carbons (Fsp3) is 0.0714.